The molecule has 2 aliphatic rings. The first kappa shape index (κ1) is 15.7. The van der Waals surface area contributed by atoms with Crippen LogP contribution in [-0.2, 0) is 0 Å². The van der Waals surface area contributed by atoms with Gasteiger partial charge in [0.25, 0.3) is 0 Å². The Kier molecular flexibility index (Phi) is 4.64. The fourth-order valence-electron chi connectivity index (χ4n) is 3.71. The highest BCUT2D eigenvalue weighted by Crippen LogP contribution is 2.44. The molecule has 3 rings (SSSR count). The molecule has 4 nitrogen and oxygen atoms in total. The fourth-order valence-corrected chi connectivity index (χ4v) is 4.20. The lowest BCUT2D eigenvalue weighted by molar-refractivity contribution is 0.391. The molecule has 2 aliphatic carbocycles. The Morgan fingerprint density at radius 2 is 1.95 bits per heavy atom. The van der Waals surface area contributed by atoms with Crippen molar-refractivity contribution in [1.29, 1.82) is 0 Å². The Morgan fingerprint density at radius 1 is 1.18 bits per heavy atom. The van der Waals surface area contributed by atoms with E-state index >= 15 is 0 Å². The van der Waals surface area contributed by atoms with Crippen LogP contribution in [0.3, 0.4) is 0 Å². The van der Waals surface area contributed by atoms with Gasteiger partial charge in [-0.2, -0.15) is 0 Å². The van der Waals surface area contributed by atoms with Gasteiger partial charge in [0.15, 0.2) is 5.11 Å². The molecule has 0 spiro atoms. The Labute approximate surface area is 141 Å². The first-order valence-corrected chi connectivity index (χ1v) is 8.38. The van der Waals surface area contributed by atoms with E-state index in [9.17, 15) is 0 Å². The Balaban J connectivity index is 1.68. The molecule has 0 aliphatic heterocycles. The number of hydrogen-bond donors (Lipinski definition) is 2. The van der Waals surface area contributed by atoms with Gasteiger partial charge in [0.05, 0.1) is 24.9 Å². The quantitative estimate of drug-likeness (QED) is 0.815. The van der Waals surface area contributed by atoms with Crippen LogP contribution in [0.2, 0.25) is 5.02 Å². The van der Waals surface area contributed by atoms with E-state index in [1.807, 2.05) is 0 Å². The standard InChI is InChI=1S/C16H21ClN2O2S/c1-20-14-8-13(15(21-2)7-11(14)17)19-16(22)18-12-6-9-3-4-10(12)5-9/h7-10,12H,3-6H2,1-2H3,(H2,18,19,22)/t9-,10+,12-/m0/s1. The predicted molar refractivity (Wildman–Crippen MR) is 93.1 cm³/mol. The number of methoxy groups -OCH3 is 2. The number of ether oxygens (including phenoxy) is 2. The van der Waals surface area contributed by atoms with Gasteiger partial charge in [0.2, 0.25) is 0 Å². The van der Waals surface area contributed by atoms with Crippen molar-refractivity contribution in [3.05, 3.63) is 17.2 Å². The van der Waals surface area contributed by atoms with Gasteiger partial charge in [0.1, 0.15) is 11.5 Å². The van der Waals surface area contributed by atoms with Crippen molar-refractivity contribution in [1.82, 2.24) is 5.32 Å². The van der Waals surface area contributed by atoms with Gasteiger partial charge in [-0.05, 0) is 43.3 Å². The van der Waals surface area contributed by atoms with E-state index in [0.717, 1.165) is 17.5 Å². The van der Waals surface area contributed by atoms with Crippen molar-refractivity contribution in [2.24, 2.45) is 11.8 Å². The van der Waals surface area contributed by atoms with Crippen LogP contribution in [0.5, 0.6) is 11.5 Å². The minimum Gasteiger partial charge on any atom is -0.495 e. The van der Waals surface area contributed by atoms with Crippen molar-refractivity contribution < 1.29 is 9.47 Å². The first-order chi connectivity index (χ1) is 10.6. The Hall–Kier alpha value is -1.20. The lowest BCUT2D eigenvalue weighted by Gasteiger charge is -2.25. The van der Waals surface area contributed by atoms with E-state index in [4.69, 9.17) is 33.3 Å². The Morgan fingerprint density at radius 3 is 2.55 bits per heavy atom. The molecule has 3 atom stereocenters. The number of fused-ring (bicyclic) bond motifs is 2. The molecule has 0 saturated heterocycles. The molecule has 1 aromatic rings. The fraction of sp³-hybridized carbons (Fsp3) is 0.562. The van der Waals surface area contributed by atoms with Crippen molar-refractivity contribution >= 4 is 34.6 Å². The van der Waals surface area contributed by atoms with Gasteiger partial charge in [-0.25, -0.2) is 0 Å². The summed E-state index contributed by atoms with van der Waals surface area (Å²) in [5.74, 6) is 2.89. The summed E-state index contributed by atoms with van der Waals surface area (Å²) >= 11 is 11.6. The largest absolute Gasteiger partial charge is 0.495 e. The van der Waals surface area contributed by atoms with Crippen LogP contribution in [0.15, 0.2) is 12.1 Å². The SMILES string of the molecule is COc1cc(NC(=S)N[C@H]2C[C@H]3CC[C@@H]2C3)c(OC)cc1Cl. The Bertz CT molecular complexity index is 582. The summed E-state index contributed by atoms with van der Waals surface area (Å²) in [6.07, 6.45) is 5.28. The van der Waals surface area contributed by atoms with E-state index in [1.54, 1.807) is 26.4 Å². The molecule has 0 heterocycles. The summed E-state index contributed by atoms with van der Waals surface area (Å²) in [6.45, 7) is 0. The van der Waals surface area contributed by atoms with Crippen LogP contribution in [0.25, 0.3) is 0 Å². The maximum Gasteiger partial charge on any atom is 0.171 e. The van der Waals surface area contributed by atoms with Crippen molar-refractivity contribution in [2.75, 3.05) is 19.5 Å². The average Bonchev–Trinajstić information content (AvgIpc) is 3.11. The highest BCUT2D eigenvalue weighted by Gasteiger charge is 2.39. The minimum atomic E-state index is 0.499. The molecule has 0 radical (unpaired) electrons. The van der Waals surface area contributed by atoms with E-state index < -0.39 is 0 Å². The highest BCUT2D eigenvalue weighted by molar-refractivity contribution is 7.80. The van der Waals surface area contributed by atoms with E-state index in [-0.39, 0.29) is 0 Å². The molecule has 22 heavy (non-hydrogen) atoms. The maximum atomic E-state index is 6.12. The molecular formula is C16H21ClN2O2S. The van der Waals surface area contributed by atoms with Crippen LogP contribution >= 0.6 is 23.8 Å². The first-order valence-electron chi connectivity index (χ1n) is 7.59. The molecule has 0 amide bonds. The summed E-state index contributed by atoms with van der Waals surface area (Å²) in [6, 6.07) is 4.03. The van der Waals surface area contributed by atoms with Crippen LogP contribution in [0, 0.1) is 11.8 Å². The van der Waals surface area contributed by atoms with E-state index in [0.29, 0.717) is 27.7 Å². The van der Waals surface area contributed by atoms with Gasteiger partial charge < -0.3 is 20.1 Å². The van der Waals surface area contributed by atoms with Gasteiger partial charge in [-0.1, -0.05) is 18.0 Å². The molecule has 120 valence electrons. The minimum absolute atomic E-state index is 0.499. The van der Waals surface area contributed by atoms with E-state index in [1.165, 1.54) is 25.7 Å². The number of nitrogens with one attached hydrogen (secondary N) is 2. The summed E-state index contributed by atoms with van der Waals surface area (Å²) in [4.78, 5) is 0. The molecule has 6 heteroatoms. The second-order valence-electron chi connectivity index (χ2n) is 6.07. The van der Waals surface area contributed by atoms with Crippen molar-refractivity contribution in [3.8, 4) is 11.5 Å². The predicted octanol–water partition coefficient (Wildman–Crippen LogP) is 3.83. The number of rotatable bonds is 4. The highest BCUT2D eigenvalue weighted by atomic mass is 35.5. The lowest BCUT2D eigenvalue weighted by atomic mass is 9.96. The smallest absolute Gasteiger partial charge is 0.171 e. The molecule has 2 fully saturated rings. The lowest BCUT2D eigenvalue weighted by Crippen LogP contribution is -2.40. The zero-order valence-electron chi connectivity index (χ0n) is 12.8. The molecular weight excluding hydrogens is 320 g/mol. The van der Waals surface area contributed by atoms with E-state index in [2.05, 4.69) is 10.6 Å². The zero-order chi connectivity index (χ0) is 15.7. The van der Waals surface area contributed by atoms with Crippen LogP contribution in [0.4, 0.5) is 5.69 Å². The molecule has 0 unspecified atom stereocenters. The second kappa shape index (κ2) is 6.50. The van der Waals surface area contributed by atoms with Crippen LogP contribution in [-0.4, -0.2) is 25.4 Å². The monoisotopic (exact) mass is 340 g/mol. The molecule has 1 aromatic carbocycles. The third-order valence-corrected chi connectivity index (χ3v) is 5.29. The number of thiocarbonyl (C=S) groups is 1. The van der Waals surface area contributed by atoms with Crippen LogP contribution < -0.4 is 20.1 Å². The summed E-state index contributed by atoms with van der Waals surface area (Å²) in [7, 11) is 3.19. The third-order valence-electron chi connectivity index (χ3n) is 4.78. The zero-order valence-corrected chi connectivity index (χ0v) is 14.4. The topological polar surface area (TPSA) is 42.5 Å². The van der Waals surface area contributed by atoms with Crippen LogP contribution in [0.1, 0.15) is 25.7 Å². The number of halogens is 1. The molecule has 2 bridgehead atoms. The van der Waals surface area contributed by atoms with Gasteiger partial charge in [-0.15, -0.1) is 0 Å². The summed E-state index contributed by atoms with van der Waals surface area (Å²) < 4.78 is 10.6. The number of benzene rings is 1. The summed E-state index contributed by atoms with van der Waals surface area (Å²) in [5.41, 5.74) is 0.754. The summed E-state index contributed by atoms with van der Waals surface area (Å²) in [5, 5.41) is 7.80. The van der Waals surface area contributed by atoms with Gasteiger partial charge in [0, 0.05) is 18.2 Å². The molecule has 2 saturated carbocycles. The average molecular weight is 341 g/mol. The molecule has 2 N–H and O–H groups in total. The number of anilines is 1. The van der Waals surface area contributed by atoms with Crippen molar-refractivity contribution in [3.63, 3.8) is 0 Å². The molecule has 0 aromatic heterocycles. The van der Waals surface area contributed by atoms with Gasteiger partial charge >= 0.3 is 0 Å². The second-order valence-corrected chi connectivity index (χ2v) is 6.88. The van der Waals surface area contributed by atoms with Gasteiger partial charge in [-0.3, -0.25) is 0 Å². The van der Waals surface area contributed by atoms with Crippen molar-refractivity contribution in [2.45, 2.75) is 31.7 Å². The number of hydrogen-bond acceptors (Lipinski definition) is 3. The third kappa shape index (κ3) is 3.10. The normalized spacial score (nSPS) is 25.9. The maximum absolute atomic E-state index is 6.12.